The number of anilines is 1. The lowest BCUT2D eigenvalue weighted by Gasteiger charge is -2.21. The molecule has 28 heavy (non-hydrogen) atoms. The minimum Gasteiger partial charge on any atom is -0.415 e. The molecule has 1 aliphatic heterocycles. The van der Waals surface area contributed by atoms with Gasteiger partial charge < -0.3 is 9.52 Å². The fourth-order valence-electron chi connectivity index (χ4n) is 3.15. The molecule has 4 rings (SSSR count). The summed E-state index contributed by atoms with van der Waals surface area (Å²) in [5.41, 5.74) is 0.850. The predicted octanol–water partition coefficient (Wildman–Crippen LogP) is 2.80. The van der Waals surface area contributed by atoms with Gasteiger partial charge >= 0.3 is 6.43 Å². The number of nitrogens with zero attached hydrogens (tertiary/aromatic N) is 5. The largest absolute Gasteiger partial charge is 0.415 e. The van der Waals surface area contributed by atoms with Crippen LogP contribution in [0.15, 0.2) is 28.8 Å². The molecule has 0 aliphatic carbocycles. The van der Waals surface area contributed by atoms with Gasteiger partial charge in [0.05, 0.1) is 12.1 Å². The van der Waals surface area contributed by atoms with Crippen LogP contribution in [0.3, 0.4) is 0 Å². The van der Waals surface area contributed by atoms with Gasteiger partial charge in [-0.05, 0) is 31.5 Å². The number of halogens is 2. The standard InChI is InChI=1S/C18H17F2N5O3/c1-18(2,27)12-8-24(3)23-14(12)25-7-10-5-4-9(6-11(10)17(25)26)15-21-22-16(28-15)13(19)20/h4-6,8,13,27H,7H2,1-3H3. The first-order chi connectivity index (χ1) is 13.1. The second-order valence-electron chi connectivity index (χ2n) is 7.11. The average Bonchev–Trinajstić information content (AvgIpc) is 3.31. The third-order valence-electron chi connectivity index (χ3n) is 4.51. The first-order valence-corrected chi connectivity index (χ1v) is 8.48. The van der Waals surface area contributed by atoms with Crippen LogP contribution >= 0.6 is 0 Å². The van der Waals surface area contributed by atoms with Gasteiger partial charge in [-0.3, -0.25) is 14.4 Å². The molecule has 0 bridgehead atoms. The van der Waals surface area contributed by atoms with E-state index >= 15 is 0 Å². The van der Waals surface area contributed by atoms with Gasteiger partial charge in [-0.1, -0.05) is 6.07 Å². The van der Waals surface area contributed by atoms with Gasteiger partial charge in [0.1, 0.15) is 0 Å². The van der Waals surface area contributed by atoms with Crippen LogP contribution in [-0.4, -0.2) is 31.0 Å². The van der Waals surface area contributed by atoms with Crippen LogP contribution in [-0.2, 0) is 19.2 Å². The molecule has 1 amide bonds. The molecule has 0 saturated heterocycles. The number of hydrogen-bond acceptors (Lipinski definition) is 6. The monoisotopic (exact) mass is 389 g/mol. The molecule has 0 radical (unpaired) electrons. The molecule has 3 aromatic rings. The van der Waals surface area contributed by atoms with Crippen LogP contribution in [0.1, 0.15) is 47.6 Å². The van der Waals surface area contributed by atoms with E-state index in [0.29, 0.717) is 22.5 Å². The van der Waals surface area contributed by atoms with E-state index < -0.39 is 17.9 Å². The Hall–Kier alpha value is -3.14. The van der Waals surface area contributed by atoms with Crippen molar-refractivity contribution in [1.82, 2.24) is 20.0 Å². The van der Waals surface area contributed by atoms with E-state index in [4.69, 9.17) is 4.42 Å². The Morgan fingerprint density at radius 3 is 2.68 bits per heavy atom. The second kappa shape index (κ2) is 6.20. The lowest BCUT2D eigenvalue weighted by Crippen LogP contribution is -2.27. The maximum absolute atomic E-state index is 13.0. The van der Waals surface area contributed by atoms with Gasteiger partial charge in [-0.2, -0.15) is 13.9 Å². The van der Waals surface area contributed by atoms with Crippen LogP contribution in [0.4, 0.5) is 14.6 Å². The number of benzene rings is 1. The van der Waals surface area contributed by atoms with Crippen molar-refractivity contribution in [3.05, 3.63) is 47.0 Å². The first-order valence-electron chi connectivity index (χ1n) is 8.48. The third-order valence-corrected chi connectivity index (χ3v) is 4.51. The molecule has 1 aromatic carbocycles. The predicted molar refractivity (Wildman–Crippen MR) is 93.7 cm³/mol. The highest BCUT2D eigenvalue weighted by atomic mass is 19.3. The number of carbonyl (C=O) groups is 1. The van der Waals surface area contributed by atoms with Gasteiger partial charge in [-0.15, -0.1) is 10.2 Å². The molecule has 0 spiro atoms. The van der Waals surface area contributed by atoms with Crippen LogP contribution in [0.2, 0.25) is 0 Å². The van der Waals surface area contributed by atoms with Gasteiger partial charge in [-0.25, -0.2) is 0 Å². The van der Waals surface area contributed by atoms with E-state index in [2.05, 4.69) is 15.3 Å². The molecule has 0 unspecified atom stereocenters. The normalized spacial score (nSPS) is 14.2. The highest BCUT2D eigenvalue weighted by molar-refractivity contribution is 6.10. The topological polar surface area (TPSA) is 97.3 Å². The Kier molecular flexibility index (Phi) is 4.03. The number of amides is 1. The number of fused-ring (bicyclic) bond motifs is 1. The molecular weight excluding hydrogens is 372 g/mol. The summed E-state index contributed by atoms with van der Waals surface area (Å²) in [6, 6.07) is 4.88. The quantitative estimate of drug-likeness (QED) is 0.737. The molecule has 0 saturated carbocycles. The Labute approximate surface area is 158 Å². The van der Waals surface area contributed by atoms with Crippen molar-refractivity contribution in [3.63, 3.8) is 0 Å². The number of hydrogen-bond donors (Lipinski definition) is 1. The van der Waals surface area contributed by atoms with Gasteiger partial charge in [0.2, 0.25) is 5.89 Å². The molecule has 146 valence electrons. The highest BCUT2D eigenvalue weighted by Gasteiger charge is 2.35. The first kappa shape index (κ1) is 18.2. The van der Waals surface area contributed by atoms with Crippen molar-refractivity contribution in [2.45, 2.75) is 32.4 Å². The van der Waals surface area contributed by atoms with Crippen molar-refractivity contribution in [3.8, 4) is 11.5 Å². The minimum atomic E-state index is -2.86. The summed E-state index contributed by atoms with van der Waals surface area (Å²) in [7, 11) is 1.71. The zero-order valence-corrected chi connectivity index (χ0v) is 15.3. The number of aryl methyl sites for hydroxylation is 1. The number of aromatic nitrogens is 4. The minimum absolute atomic E-state index is 0.0839. The van der Waals surface area contributed by atoms with Crippen LogP contribution in [0.5, 0.6) is 0 Å². The van der Waals surface area contributed by atoms with E-state index in [1.165, 1.54) is 15.6 Å². The summed E-state index contributed by atoms with van der Waals surface area (Å²) >= 11 is 0. The number of aliphatic hydroxyl groups is 1. The van der Waals surface area contributed by atoms with Crippen LogP contribution in [0.25, 0.3) is 11.5 Å². The maximum Gasteiger partial charge on any atom is 0.314 e. The smallest absolute Gasteiger partial charge is 0.314 e. The van der Waals surface area contributed by atoms with E-state index in [1.54, 1.807) is 39.2 Å². The Balaban J connectivity index is 1.70. The molecule has 3 heterocycles. The summed E-state index contributed by atoms with van der Waals surface area (Å²) in [6.45, 7) is 3.52. The molecule has 0 fully saturated rings. The summed E-state index contributed by atoms with van der Waals surface area (Å²) in [4.78, 5) is 14.5. The van der Waals surface area contributed by atoms with Crippen molar-refractivity contribution in [2.24, 2.45) is 7.05 Å². The Morgan fingerprint density at radius 2 is 2.04 bits per heavy atom. The number of rotatable bonds is 4. The summed E-state index contributed by atoms with van der Waals surface area (Å²) in [5.74, 6) is -0.795. The van der Waals surface area contributed by atoms with E-state index in [0.717, 1.165) is 5.56 Å². The zero-order chi connectivity index (χ0) is 20.2. The molecule has 1 aliphatic rings. The molecule has 1 N–H and O–H groups in total. The summed E-state index contributed by atoms with van der Waals surface area (Å²) < 4.78 is 31.8. The average molecular weight is 389 g/mol. The van der Waals surface area contributed by atoms with Gasteiger partial charge in [0, 0.05) is 29.9 Å². The molecule has 0 atom stereocenters. The zero-order valence-electron chi connectivity index (χ0n) is 15.3. The molecule has 10 heteroatoms. The number of carbonyl (C=O) groups excluding carboxylic acids is 1. The van der Waals surface area contributed by atoms with Crippen molar-refractivity contribution in [1.29, 1.82) is 0 Å². The Morgan fingerprint density at radius 1 is 1.29 bits per heavy atom. The maximum atomic E-state index is 13.0. The van der Waals surface area contributed by atoms with Crippen molar-refractivity contribution >= 4 is 11.7 Å². The lowest BCUT2D eigenvalue weighted by molar-refractivity contribution is 0.0787. The highest BCUT2D eigenvalue weighted by Crippen LogP contribution is 2.36. The molecule has 8 nitrogen and oxygen atoms in total. The SMILES string of the molecule is Cn1cc(C(C)(C)O)c(N2Cc3ccc(-c4nnc(C(F)F)o4)cc3C2=O)n1. The van der Waals surface area contributed by atoms with E-state index in [-0.39, 0.29) is 18.3 Å². The molecule has 2 aromatic heterocycles. The van der Waals surface area contributed by atoms with Gasteiger partial charge in [0.25, 0.3) is 11.8 Å². The fourth-order valence-corrected chi connectivity index (χ4v) is 3.15. The second-order valence-corrected chi connectivity index (χ2v) is 7.11. The third kappa shape index (κ3) is 2.95. The van der Waals surface area contributed by atoms with Crippen LogP contribution in [0, 0.1) is 0 Å². The Bertz CT molecular complexity index is 1070. The van der Waals surface area contributed by atoms with Crippen molar-refractivity contribution < 1.29 is 23.1 Å². The van der Waals surface area contributed by atoms with Crippen molar-refractivity contribution in [2.75, 3.05) is 4.90 Å². The van der Waals surface area contributed by atoms with Gasteiger partial charge in [0.15, 0.2) is 5.82 Å². The summed E-state index contributed by atoms with van der Waals surface area (Å²) in [5, 5.41) is 21.7. The lowest BCUT2D eigenvalue weighted by atomic mass is 10.0. The fraction of sp³-hybridized carbons (Fsp3) is 0.333. The van der Waals surface area contributed by atoms with Crippen LogP contribution < -0.4 is 4.90 Å². The number of alkyl halides is 2. The van der Waals surface area contributed by atoms with E-state index in [1.807, 2.05) is 0 Å². The summed E-state index contributed by atoms with van der Waals surface area (Å²) in [6.07, 6.45) is -1.20. The van der Waals surface area contributed by atoms with E-state index in [9.17, 15) is 18.7 Å². The molecular formula is C18H17F2N5O3.